The second kappa shape index (κ2) is 2.84. The summed E-state index contributed by atoms with van der Waals surface area (Å²) in [4.78, 5) is 0. The van der Waals surface area contributed by atoms with Crippen LogP contribution in [0, 0.1) is 0 Å². The zero-order valence-corrected chi connectivity index (χ0v) is 6.93. The summed E-state index contributed by atoms with van der Waals surface area (Å²) in [5, 5.41) is 4.16. The lowest BCUT2D eigenvalue weighted by atomic mass is 9.98. The maximum absolute atomic E-state index is 5.84. The lowest BCUT2D eigenvalue weighted by Gasteiger charge is -2.27. The Balaban J connectivity index is 2.23. The molecule has 0 radical (unpaired) electrons. The van der Waals surface area contributed by atoms with Crippen molar-refractivity contribution >= 4 is 11.6 Å². The van der Waals surface area contributed by atoms with Gasteiger partial charge in [-0.1, -0.05) is 23.7 Å². The molecule has 0 bridgehead atoms. The minimum Gasteiger partial charge on any atom is -0.310 e. The van der Waals surface area contributed by atoms with E-state index >= 15 is 0 Å². The van der Waals surface area contributed by atoms with Gasteiger partial charge in [0.25, 0.3) is 0 Å². The van der Waals surface area contributed by atoms with E-state index in [0.29, 0.717) is 6.04 Å². The van der Waals surface area contributed by atoms with Crippen LogP contribution in [0.1, 0.15) is 18.0 Å². The van der Waals surface area contributed by atoms with Crippen molar-refractivity contribution in [1.82, 2.24) is 5.32 Å². The standard InChI is InChI=1S/C9H10ClN/c10-8-3-1-2-7(6-8)9-4-5-11-9/h1-3,6,9,11H,4-5H2/t9-/m0/s1. The van der Waals surface area contributed by atoms with Crippen LogP contribution in [0.4, 0.5) is 0 Å². The molecule has 0 saturated carbocycles. The Morgan fingerprint density at radius 2 is 2.27 bits per heavy atom. The van der Waals surface area contributed by atoms with Gasteiger partial charge in [0.05, 0.1) is 0 Å². The summed E-state index contributed by atoms with van der Waals surface area (Å²) in [6.07, 6.45) is 1.24. The lowest BCUT2D eigenvalue weighted by molar-refractivity contribution is 0.383. The zero-order valence-electron chi connectivity index (χ0n) is 6.18. The minimum atomic E-state index is 0.550. The Morgan fingerprint density at radius 3 is 2.82 bits per heavy atom. The first-order chi connectivity index (χ1) is 5.36. The van der Waals surface area contributed by atoms with Crippen molar-refractivity contribution in [1.29, 1.82) is 0 Å². The van der Waals surface area contributed by atoms with Gasteiger partial charge in [-0.25, -0.2) is 0 Å². The van der Waals surface area contributed by atoms with E-state index in [2.05, 4.69) is 11.4 Å². The van der Waals surface area contributed by atoms with Gasteiger partial charge in [-0.15, -0.1) is 0 Å². The molecule has 1 aliphatic heterocycles. The molecule has 0 aliphatic carbocycles. The fourth-order valence-electron chi connectivity index (χ4n) is 1.30. The zero-order chi connectivity index (χ0) is 7.68. The molecule has 0 aromatic heterocycles. The Labute approximate surface area is 71.4 Å². The van der Waals surface area contributed by atoms with Crippen LogP contribution in [0.25, 0.3) is 0 Å². The quantitative estimate of drug-likeness (QED) is 0.677. The van der Waals surface area contributed by atoms with E-state index < -0.39 is 0 Å². The van der Waals surface area contributed by atoms with Crippen molar-refractivity contribution in [3.05, 3.63) is 34.9 Å². The number of nitrogens with one attached hydrogen (secondary N) is 1. The van der Waals surface area contributed by atoms with Crippen molar-refractivity contribution in [2.24, 2.45) is 0 Å². The normalized spacial score (nSPS) is 22.8. The van der Waals surface area contributed by atoms with E-state index in [1.54, 1.807) is 0 Å². The molecule has 1 aromatic carbocycles. The SMILES string of the molecule is Clc1cccc([C@@H]2CCN2)c1. The first-order valence-corrected chi connectivity index (χ1v) is 4.23. The van der Waals surface area contributed by atoms with Crippen LogP contribution < -0.4 is 5.32 Å². The summed E-state index contributed by atoms with van der Waals surface area (Å²) in [5.41, 5.74) is 1.31. The first kappa shape index (κ1) is 7.14. The van der Waals surface area contributed by atoms with Gasteiger partial charge in [0.1, 0.15) is 0 Å². The molecule has 1 saturated heterocycles. The molecule has 1 fully saturated rings. The summed E-state index contributed by atoms with van der Waals surface area (Å²) in [7, 11) is 0. The van der Waals surface area contributed by atoms with Crippen LogP contribution in [0.5, 0.6) is 0 Å². The smallest absolute Gasteiger partial charge is 0.0409 e. The molecular weight excluding hydrogens is 158 g/mol. The maximum Gasteiger partial charge on any atom is 0.0409 e. The molecule has 1 N–H and O–H groups in total. The van der Waals surface area contributed by atoms with Crippen molar-refractivity contribution < 1.29 is 0 Å². The third-order valence-corrected chi connectivity index (χ3v) is 2.31. The van der Waals surface area contributed by atoms with Crippen LogP contribution in [0.2, 0.25) is 5.02 Å². The summed E-state index contributed by atoms with van der Waals surface area (Å²) >= 11 is 5.84. The van der Waals surface area contributed by atoms with Crippen LogP contribution in [0.3, 0.4) is 0 Å². The molecule has 2 heteroatoms. The molecular formula is C9H10ClN. The molecule has 11 heavy (non-hydrogen) atoms. The van der Waals surface area contributed by atoms with Crippen molar-refractivity contribution in [2.45, 2.75) is 12.5 Å². The first-order valence-electron chi connectivity index (χ1n) is 3.85. The van der Waals surface area contributed by atoms with Gasteiger partial charge < -0.3 is 5.32 Å². The number of benzene rings is 1. The fraction of sp³-hybridized carbons (Fsp3) is 0.333. The van der Waals surface area contributed by atoms with Crippen molar-refractivity contribution in [3.8, 4) is 0 Å². The van der Waals surface area contributed by atoms with Gasteiger partial charge in [-0.3, -0.25) is 0 Å². The fourth-order valence-corrected chi connectivity index (χ4v) is 1.50. The highest BCUT2D eigenvalue weighted by atomic mass is 35.5. The molecule has 2 rings (SSSR count). The molecule has 1 heterocycles. The predicted octanol–water partition coefficient (Wildman–Crippen LogP) is 2.37. The second-order valence-corrected chi connectivity index (χ2v) is 3.29. The van der Waals surface area contributed by atoms with E-state index in [4.69, 9.17) is 11.6 Å². The number of hydrogen-bond acceptors (Lipinski definition) is 1. The molecule has 0 unspecified atom stereocenters. The number of rotatable bonds is 1. The van der Waals surface area contributed by atoms with Crippen molar-refractivity contribution in [3.63, 3.8) is 0 Å². The number of hydrogen-bond donors (Lipinski definition) is 1. The third kappa shape index (κ3) is 1.39. The highest BCUT2D eigenvalue weighted by Crippen LogP contribution is 2.24. The van der Waals surface area contributed by atoms with Gasteiger partial charge in [-0.05, 0) is 30.7 Å². The van der Waals surface area contributed by atoms with Gasteiger partial charge in [0.15, 0.2) is 0 Å². The third-order valence-electron chi connectivity index (χ3n) is 2.07. The Morgan fingerprint density at radius 1 is 1.45 bits per heavy atom. The molecule has 0 amide bonds. The summed E-state index contributed by atoms with van der Waals surface area (Å²) in [6, 6.07) is 8.59. The minimum absolute atomic E-state index is 0.550. The molecule has 0 spiro atoms. The van der Waals surface area contributed by atoms with Crippen molar-refractivity contribution in [2.75, 3.05) is 6.54 Å². The van der Waals surface area contributed by atoms with Crippen LogP contribution in [0.15, 0.2) is 24.3 Å². The summed E-state index contributed by atoms with van der Waals surface area (Å²) < 4.78 is 0. The van der Waals surface area contributed by atoms with Crippen LogP contribution in [-0.4, -0.2) is 6.54 Å². The summed E-state index contributed by atoms with van der Waals surface area (Å²) in [5.74, 6) is 0. The maximum atomic E-state index is 5.84. The van der Waals surface area contributed by atoms with E-state index in [1.165, 1.54) is 12.0 Å². The molecule has 1 aromatic rings. The Hall–Kier alpha value is -0.530. The van der Waals surface area contributed by atoms with Gasteiger partial charge in [0.2, 0.25) is 0 Å². The highest BCUT2D eigenvalue weighted by Gasteiger charge is 2.17. The Kier molecular flexibility index (Phi) is 1.84. The largest absolute Gasteiger partial charge is 0.310 e. The highest BCUT2D eigenvalue weighted by molar-refractivity contribution is 6.30. The van der Waals surface area contributed by atoms with Gasteiger partial charge >= 0.3 is 0 Å². The van der Waals surface area contributed by atoms with Gasteiger partial charge in [0, 0.05) is 11.1 Å². The predicted molar refractivity (Wildman–Crippen MR) is 46.8 cm³/mol. The number of halogens is 1. The van der Waals surface area contributed by atoms with E-state index in [0.717, 1.165) is 11.6 Å². The van der Waals surface area contributed by atoms with E-state index in [-0.39, 0.29) is 0 Å². The topological polar surface area (TPSA) is 12.0 Å². The average Bonchev–Trinajstić information content (AvgIpc) is 1.83. The Bertz CT molecular complexity index is 255. The van der Waals surface area contributed by atoms with Gasteiger partial charge in [-0.2, -0.15) is 0 Å². The van der Waals surface area contributed by atoms with Crippen LogP contribution >= 0.6 is 11.6 Å². The summed E-state index contributed by atoms with van der Waals surface area (Å²) in [6.45, 7) is 1.14. The molecule has 58 valence electrons. The lowest BCUT2D eigenvalue weighted by Crippen LogP contribution is -2.34. The van der Waals surface area contributed by atoms with Crippen LogP contribution in [-0.2, 0) is 0 Å². The van der Waals surface area contributed by atoms with E-state index in [1.807, 2.05) is 18.2 Å². The molecule has 1 atom stereocenters. The average molecular weight is 168 g/mol. The molecule has 1 aliphatic rings. The monoisotopic (exact) mass is 167 g/mol. The molecule has 1 nitrogen and oxygen atoms in total. The second-order valence-electron chi connectivity index (χ2n) is 2.85. The van der Waals surface area contributed by atoms with E-state index in [9.17, 15) is 0 Å².